The van der Waals surface area contributed by atoms with Crippen LogP contribution in [0.4, 0.5) is 0 Å². The first-order valence-corrected chi connectivity index (χ1v) is 7.02. The number of aryl methyl sites for hydroxylation is 1. The third-order valence-corrected chi connectivity index (χ3v) is 3.58. The van der Waals surface area contributed by atoms with E-state index in [1.54, 1.807) is 42.0 Å². The maximum atomic E-state index is 12.8. The number of nitrogens with zero attached hydrogens (tertiary/aromatic N) is 2. The van der Waals surface area contributed by atoms with Crippen molar-refractivity contribution in [3.63, 3.8) is 0 Å². The average molecular weight is 296 g/mol. The summed E-state index contributed by atoms with van der Waals surface area (Å²) in [4.78, 5) is 17.3. The number of ether oxygens (including phenoxy) is 1. The van der Waals surface area contributed by atoms with Crippen LogP contribution in [0.5, 0.6) is 11.5 Å². The second kappa shape index (κ2) is 5.52. The van der Waals surface area contributed by atoms with E-state index < -0.39 is 0 Å². The highest BCUT2D eigenvalue weighted by Gasteiger charge is 2.20. The second-order valence-electron chi connectivity index (χ2n) is 4.93. The summed E-state index contributed by atoms with van der Waals surface area (Å²) in [5.74, 6) is 0.716. The van der Waals surface area contributed by atoms with Crippen molar-refractivity contribution < 1.29 is 14.6 Å². The van der Waals surface area contributed by atoms with Gasteiger partial charge in [0.2, 0.25) is 5.78 Å². The lowest BCUT2D eigenvalue weighted by molar-refractivity contribution is 0.103. The maximum Gasteiger partial charge on any atom is 0.211 e. The molecule has 0 spiro atoms. The van der Waals surface area contributed by atoms with Crippen molar-refractivity contribution in [1.29, 1.82) is 0 Å². The standard InChI is InChI=1S/C17H16N2O3/c1-3-14-16(17(21)11-4-6-12(20)7-5-11)19-9-8-13(22-2)10-15(19)18-14/h4-10,20H,3H2,1-2H3. The van der Waals surface area contributed by atoms with E-state index >= 15 is 0 Å². The Morgan fingerprint density at radius 3 is 2.64 bits per heavy atom. The third-order valence-electron chi connectivity index (χ3n) is 3.58. The van der Waals surface area contributed by atoms with Crippen LogP contribution in [-0.2, 0) is 6.42 Å². The molecule has 5 heteroatoms. The van der Waals surface area contributed by atoms with Gasteiger partial charge >= 0.3 is 0 Å². The lowest BCUT2D eigenvalue weighted by atomic mass is 10.1. The molecule has 1 N–H and O–H groups in total. The predicted molar refractivity (Wildman–Crippen MR) is 82.7 cm³/mol. The predicted octanol–water partition coefficient (Wildman–Crippen LogP) is 2.84. The Bertz CT molecular complexity index is 835. The number of aromatic nitrogens is 2. The molecule has 0 unspecified atom stereocenters. The molecule has 0 saturated heterocycles. The molecule has 0 aliphatic carbocycles. The number of fused-ring (bicyclic) bond motifs is 1. The summed E-state index contributed by atoms with van der Waals surface area (Å²) in [6.45, 7) is 1.96. The minimum Gasteiger partial charge on any atom is -0.508 e. The average Bonchev–Trinajstić information content (AvgIpc) is 2.92. The van der Waals surface area contributed by atoms with Crippen LogP contribution < -0.4 is 4.74 Å². The first-order chi connectivity index (χ1) is 10.6. The number of carbonyl (C=O) groups is 1. The molecule has 0 saturated carbocycles. The van der Waals surface area contributed by atoms with Gasteiger partial charge in [-0.2, -0.15) is 0 Å². The van der Waals surface area contributed by atoms with Crippen LogP contribution in [0.15, 0.2) is 42.6 Å². The van der Waals surface area contributed by atoms with Crippen molar-refractivity contribution in [2.75, 3.05) is 7.11 Å². The summed E-state index contributed by atoms with van der Waals surface area (Å²) >= 11 is 0. The van der Waals surface area contributed by atoms with E-state index in [1.165, 1.54) is 12.1 Å². The fourth-order valence-corrected chi connectivity index (χ4v) is 2.44. The number of phenols is 1. The van der Waals surface area contributed by atoms with Gasteiger partial charge < -0.3 is 9.84 Å². The van der Waals surface area contributed by atoms with Gasteiger partial charge in [0.1, 0.15) is 22.8 Å². The summed E-state index contributed by atoms with van der Waals surface area (Å²) in [7, 11) is 1.60. The number of pyridine rings is 1. The third kappa shape index (κ3) is 2.30. The molecule has 0 bridgehead atoms. The quantitative estimate of drug-likeness (QED) is 0.752. The Morgan fingerprint density at radius 1 is 1.27 bits per heavy atom. The molecule has 0 atom stereocenters. The van der Waals surface area contributed by atoms with Gasteiger partial charge in [0.05, 0.1) is 12.8 Å². The highest BCUT2D eigenvalue weighted by molar-refractivity contribution is 6.09. The Morgan fingerprint density at radius 2 is 2.00 bits per heavy atom. The maximum absolute atomic E-state index is 12.8. The van der Waals surface area contributed by atoms with E-state index in [4.69, 9.17) is 4.74 Å². The zero-order chi connectivity index (χ0) is 15.7. The van der Waals surface area contributed by atoms with Crippen LogP contribution in [0, 0.1) is 0 Å². The number of ketones is 1. The molecular formula is C17H16N2O3. The summed E-state index contributed by atoms with van der Waals surface area (Å²) in [6, 6.07) is 9.82. The monoisotopic (exact) mass is 296 g/mol. The summed E-state index contributed by atoms with van der Waals surface area (Å²) in [5.41, 5.74) is 2.49. The molecule has 0 aliphatic heterocycles. The molecule has 2 heterocycles. The van der Waals surface area contributed by atoms with Gasteiger partial charge in [0.25, 0.3) is 0 Å². The highest BCUT2D eigenvalue weighted by Crippen LogP contribution is 2.22. The van der Waals surface area contributed by atoms with E-state index in [9.17, 15) is 9.90 Å². The fraction of sp³-hybridized carbons (Fsp3) is 0.176. The Kier molecular flexibility index (Phi) is 3.55. The SMILES string of the molecule is CCc1nc2cc(OC)ccn2c1C(=O)c1ccc(O)cc1. The van der Waals surface area contributed by atoms with Crippen molar-refractivity contribution in [2.24, 2.45) is 0 Å². The van der Waals surface area contributed by atoms with Gasteiger partial charge in [0, 0.05) is 17.8 Å². The number of hydrogen-bond acceptors (Lipinski definition) is 4. The molecule has 1 aromatic carbocycles. The molecule has 5 nitrogen and oxygen atoms in total. The summed E-state index contributed by atoms with van der Waals surface area (Å²) in [6.07, 6.45) is 2.44. The number of hydrogen-bond donors (Lipinski definition) is 1. The molecule has 0 fully saturated rings. The normalized spacial score (nSPS) is 10.8. The van der Waals surface area contributed by atoms with Gasteiger partial charge in [0.15, 0.2) is 0 Å². The smallest absolute Gasteiger partial charge is 0.211 e. The first-order valence-electron chi connectivity index (χ1n) is 7.02. The Balaban J connectivity index is 2.16. The van der Waals surface area contributed by atoms with Crippen molar-refractivity contribution in [3.05, 3.63) is 59.5 Å². The van der Waals surface area contributed by atoms with Crippen molar-refractivity contribution in [2.45, 2.75) is 13.3 Å². The molecule has 0 radical (unpaired) electrons. The number of aromatic hydroxyl groups is 1. The molecular weight excluding hydrogens is 280 g/mol. The number of methoxy groups -OCH3 is 1. The van der Waals surface area contributed by atoms with Crippen LogP contribution in [-0.4, -0.2) is 27.4 Å². The summed E-state index contributed by atoms with van der Waals surface area (Å²) < 4.78 is 6.97. The van der Waals surface area contributed by atoms with Crippen LogP contribution in [0.1, 0.15) is 28.7 Å². The highest BCUT2D eigenvalue weighted by atomic mass is 16.5. The zero-order valence-corrected chi connectivity index (χ0v) is 12.4. The Hall–Kier alpha value is -2.82. The van der Waals surface area contributed by atoms with Crippen molar-refractivity contribution in [3.8, 4) is 11.5 Å². The van der Waals surface area contributed by atoms with E-state index in [0.29, 0.717) is 29.1 Å². The van der Waals surface area contributed by atoms with Gasteiger partial charge in [-0.25, -0.2) is 4.98 Å². The lowest BCUT2D eigenvalue weighted by Crippen LogP contribution is -2.08. The van der Waals surface area contributed by atoms with E-state index in [2.05, 4.69) is 4.98 Å². The molecule has 3 rings (SSSR count). The lowest BCUT2D eigenvalue weighted by Gasteiger charge is -2.05. The van der Waals surface area contributed by atoms with Crippen LogP contribution >= 0.6 is 0 Å². The number of rotatable bonds is 4. The van der Waals surface area contributed by atoms with E-state index in [-0.39, 0.29) is 11.5 Å². The number of imidazole rings is 1. The van der Waals surface area contributed by atoms with E-state index in [1.807, 2.05) is 6.92 Å². The van der Waals surface area contributed by atoms with Gasteiger partial charge in [-0.15, -0.1) is 0 Å². The number of benzene rings is 1. The van der Waals surface area contributed by atoms with Crippen molar-refractivity contribution >= 4 is 11.4 Å². The van der Waals surface area contributed by atoms with Crippen molar-refractivity contribution in [1.82, 2.24) is 9.38 Å². The molecule has 22 heavy (non-hydrogen) atoms. The van der Waals surface area contributed by atoms with Gasteiger partial charge in [-0.3, -0.25) is 9.20 Å². The molecule has 0 aliphatic rings. The van der Waals surface area contributed by atoms with Crippen LogP contribution in [0.25, 0.3) is 5.65 Å². The van der Waals surface area contributed by atoms with Gasteiger partial charge in [-0.05, 0) is 36.8 Å². The topological polar surface area (TPSA) is 63.8 Å². The minimum absolute atomic E-state index is 0.116. The van der Waals surface area contributed by atoms with Crippen LogP contribution in [0.3, 0.4) is 0 Å². The number of phenolic OH excluding ortho intramolecular Hbond substituents is 1. The second-order valence-corrected chi connectivity index (χ2v) is 4.93. The Labute approximate surface area is 127 Å². The van der Waals surface area contributed by atoms with Gasteiger partial charge in [-0.1, -0.05) is 6.92 Å². The molecule has 2 aromatic heterocycles. The largest absolute Gasteiger partial charge is 0.508 e. The minimum atomic E-state index is -0.116. The zero-order valence-electron chi connectivity index (χ0n) is 12.4. The number of carbonyl (C=O) groups excluding carboxylic acids is 1. The fourth-order valence-electron chi connectivity index (χ4n) is 2.44. The molecule has 3 aromatic rings. The van der Waals surface area contributed by atoms with Crippen LogP contribution in [0.2, 0.25) is 0 Å². The molecule has 112 valence electrons. The summed E-state index contributed by atoms with van der Waals surface area (Å²) in [5, 5.41) is 9.36. The van der Waals surface area contributed by atoms with E-state index in [0.717, 1.165) is 5.69 Å². The first kappa shape index (κ1) is 14.1. The molecule has 0 amide bonds.